The van der Waals surface area contributed by atoms with Gasteiger partial charge in [-0.3, -0.25) is 4.79 Å². The van der Waals surface area contributed by atoms with Crippen LogP contribution in [0.25, 0.3) is 0 Å². The molecule has 0 aliphatic rings. The van der Waals surface area contributed by atoms with Gasteiger partial charge < -0.3 is 4.90 Å². The van der Waals surface area contributed by atoms with E-state index in [-0.39, 0.29) is 12.3 Å². The van der Waals surface area contributed by atoms with E-state index in [4.69, 9.17) is 16.9 Å². The number of hydrogen-bond acceptors (Lipinski definition) is 2. The van der Waals surface area contributed by atoms with E-state index in [2.05, 4.69) is 6.07 Å². The maximum absolute atomic E-state index is 11.5. The maximum atomic E-state index is 11.5. The van der Waals surface area contributed by atoms with Crippen molar-refractivity contribution in [3.8, 4) is 6.07 Å². The second kappa shape index (κ2) is 5.53. The monoisotopic (exact) mass is 236 g/mol. The molecule has 0 radical (unpaired) electrons. The van der Waals surface area contributed by atoms with E-state index in [1.165, 1.54) is 4.90 Å². The summed E-state index contributed by atoms with van der Waals surface area (Å²) in [6, 6.07) is 9.13. The zero-order chi connectivity index (χ0) is 12.1. The van der Waals surface area contributed by atoms with Crippen LogP contribution in [-0.2, 0) is 4.79 Å². The molecule has 1 rings (SSSR count). The summed E-state index contributed by atoms with van der Waals surface area (Å²) in [5.74, 6) is -0.464. The predicted octanol–water partition coefficient (Wildman–Crippen LogP) is 2.43. The molecule has 1 aromatic rings. The van der Waals surface area contributed by atoms with Crippen molar-refractivity contribution in [1.29, 1.82) is 5.26 Å². The summed E-state index contributed by atoms with van der Waals surface area (Å²) < 4.78 is 0. The Labute approximate surface area is 100 Å². The average Bonchev–Trinajstić information content (AvgIpc) is 2.26. The van der Waals surface area contributed by atoms with E-state index in [9.17, 15) is 4.79 Å². The van der Waals surface area contributed by atoms with Gasteiger partial charge in [0.2, 0.25) is 5.91 Å². The van der Waals surface area contributed by atoms with E-state index in [0.717, 1.165) is 5.56 Å². The molecule has 0 aromatic heterocycles. The molecule has 0 saturated heterocycles. The Hall–Kier alpha value is -1.53. The average molecular weight is 237 g/mol. The first-order chi connectivity index (χ1) is 7.54. The highest BCUT2D eigenvalue weighted by molar-refractivity contribution is 6.30. The lowest BCUT2D eigenvalue weighted by Gasteiger charge is -2.13. The van der Waals surface area contributed by atoms with Gasteiger partial charge >= 0.3 is 0 Å². The first-order valence-corrected chi connectivity index (χ1v) is 5.27. The Morgan fingerprint density at radius 3 is 2.44 bits per heavy atom. The van der Waals surface area contributed by atoms with Gasteiger partial charge in [0.1, 0.15) is 0 Å². The van der Waals surface area contributed by atoms with Crippen LogP contribution in [-0.4, -0.2) is 24.9 Å². The highest BCUT2D eigenvalue weighted by Gasteiger charge is 2.16. The second-order valence-corrected chi connectivity index (χ2v) is 4.16. The topological polar surface area (TPSA) is 44.1 Å². The number of benzene rings is 1. The molecule has 3 nitrogen and oxygen atoms in total. The fourth-order valence-corrected chi connectivity index (χ4v) is 1.42. The van der Waals surface area contributed by atoms with Gasteiger partial charge in [-0.1, -0.05) is 23.7 Å². The zero-order valence-corrected chi connectivity index (χ0v) is 10.0. The molecule has 0 spiro atoms. The molecule has 0 N–H and O–H groups in total. The van der Waals surface area contributed by atoms with Crippen molar-refractivity contribution in [3.05, 3.63) is 34.9 Å². The van der Waals surface area contributed by atoms with Crippen molar-refractivity contribution in [1.82, 2.24) is 4.90 Å². The minimum absolute atomic E-state index is 0.0542. The molecule has 0 aliphatic carbocycles. The molecular weight excluding hydrogens is 224 g/mol. The lowest BCUT2D eigenvalue weighted by molar-refractivity contribution is -0.128. The number of carbonyl (C=O) groups is 1. The van der Waals surface area contributed by atoms with Crippen molar-refractivity contribution in [2.24, 2.45) is 0 Å². The largest absolute Gasteiger partial charge is 0.349 e. The lowest BCUT2D eigenvalue weighted by atomic mass is 9.97. The van der Waals surface area contributed by atoms with Crippen molar-refractivity contribution in [3.63, 3.8) is 0 Å². The maximum Gasteiger partial charge on any atom is 0.223 e. The number of nitrogens with zero attached hydrogens (tertiary/aromatic N) is 2. The number of halogens is 1. The first-order valence-electron chi connectivity index (χ1n) is 4.90. The van der Waals surface area contributed by atoms with Gasteiger partial charge in [0.25, 0.3) is 0 Å². The summed E-state index contributed by atoms with van der Waals surface area (Å²) in [6.07, 6.45) is 0.200. The second-order valence-electron chi connectivity index (χ2n) is 3.73. The van der Waals surface area contributed by atoms with E-state index in [1.54, 1.807) is 38.4 Å². The summed E-state index contributed by atoms with van der Waals surface area (Å²) in [6.45, 7) is 0. The molecule has 0 bridgehead atoms. The van der Waals surface area contributed by atoms with Gasteiger partial charge in [0.05, 0.1) is 12.0 Å². The van der Waals surface area contributed by atoms with Crippen LogP contribution in [0.4, 0.5) is 0 Å². The van der Waals surface area contributed by atoms with E-state index in [0.29, 0.717) is 5.02 Å². The van der Waals surface area contributed by atoms with Gasteiger partial charge in [-0.05, 0) is 17.7 Å². The molecule has 1 unspecified atom stereocenters. The van der Waals surface area contributed by atoms with Gasteiger partial charge in [-0.15, -0.1) is 0 Å². The Morgan fingerprint density at radius 2 is 2.00 bits per heavy atom. The summed E-state index contributed by atoms with van der Waals surface area (Å²) >= 11 is 5.76. The normalized spacial score (nSPS) is 11.6. The smallest absolute Gasteiger partial charge is 0.223 e. The number of amides is 1. The molecule has 0 fully saturated rings. The lowest BCUT2D eigenvalue weighted by Crippen LogP contribution is -2.23. The van der Waals surface area contributed by atoms with Crippen LogP contribution in [0.2, 0.25) is 5.02 Å². The Morgan fingerprint density at radius 1 is 1.44 bits per heavy atom. The minimum atomic E-state index is -0.410. The molecule has 84 valence electrons. The van der Waals surface area contributed by atoms with Crippen LogP contribution in [0.3, 0.4) is 0 Å². The molecule has 0 saturated carbocycles. The zero-order valence-electron chi connectivity index (χ0n) is 9.27. The van der Waals surface area contributed by atoms with E-state index < -0.39 is 5.92 Å². The number of hydrogen-bond donors (Lipinski definition) is 0. The fraction of sp³-hybridized carbons (Fsp3) is 0.333. The Balaban J connectivity index is 2.80. The van der Waals surface area contributed by atoms with Gasteiger partial charge in [0.15, 0.2) is 0 Å². The van der Waals surface area contributed by atoms with Gasteiger partial charge in [0, 0.05) is 25.5 Å². The van der Waals surface area contributed by atoms with Crippen molar-refractivity contribution < 1.29 is 4.79 Å². The SMILES string of the molecule is CN(C)C(=O)CC(C#N)c1ccc(Cl)cc1. The fourth-order valence-electron chi connectivity index (χ4n) is 1.29. The molecule has 0 aliphatic heterocycles. The van der Waals surface area contributed by atoms with Crippen LogP contribution in [0.5, 0.6) is 0 Å². The highest BCUT2D eigenvalue weighted by Crippen LogP contribution is 2.21. The third kappa shape index (κ3) is 3.25. The molecule has 1 amide bonds. The summed E-state index contributed by atoms with van der Waals surface area (Å²) in [7, 11) is 3.36. The highest BCUT2D eigenvalue weighted by atomic mass is 35.5. The molecule has 16 heavy (non-hydrogen) atoms. The summed E-state index contributed by atoms with van der Waals surface area (Å²) in [4.78, 5) is 13.0. The minimum Gasteiger partial charge on any atom is -0.349 e. The Kier molecular flexibility index (Phi) is 4.33. The Bertz CT molecular complexity index is 406. The third-order valence-electron chi connectivity index (χ3n) is 2.31. The van der Waals surface area contributed by atoms with Crippen molar-refractivity contribution >= 4 is 17.5 Å². The number of carbonyl (C=O) groups excluding carboxylic acids is 1. The molecule has 0 heterocycles. The van der Waals surface area contributed by atoms with Crippen LogP contribution in [0, 0.1) is 11.3 Å². The first kappa shape index (κ1) is 12.5. The summed E-state index contributed by atoms with van der Waals surface area (Å²) in [5, 5.41) is 9.65. The van der Waals surface area contributed by atoms with Crippen LogP contribution >= 0.6 is 11.6 Å². The molecule has 1 aromatic carbocycles. The standard InChI is InChI=1S/C12H13ClN2O/c1-15(2)12(16)7-10(8-14)9-3-5-11(13)6-4-9/h3-6,10H,7H2,1-2H3. The van der Waals surface area contributed by atoms with Crippen molar-refractivity contribution in [2.75, 3.05) is 14.1 Å². The van der Waals surface area contributed by atoms with Crippen LogP contribution < -0.4 is 0 Å². The molecular formula is C12H13ClN2O. The summed E-state index contributed by atoms with van der Waals surface area (Å²) in [5.41, 5.74) is 0.821. The third-order valence-corrected chi connectivity index (χ3v) is 2.56. The van der Waals surface area contributed by atoms with E-state index >= 15 is 0 Å². The molecule has 1 atom stereocenters. The van der Waals surface area contributed by atoms with E-state index in [1.807, 2.05) is 0 Å². The van der Waals surface area contributed by atoms with Crippen LogP contribution in [0.15, 0.2) is 24.3 Å². The number of nitriles is 1. The number of rotatable bonds is 3. The predicted molar refractivity (Wildman–Crippen MR) is 63.1 cm³/mol. The quantitative estimate of drug-likeness (QED) is 0.809. The van der Waals surface area contributed by atoms with Gasteiger partial charge in [-0.25, -0.2) is 0 Å². The van der Waals surface area contributed by atoms with Crippen LogP contribution in [0.1, 0.15) is 17.9 Å². The molecule has 4 heteroatoms. The van der Waals surface area contributed by atoms with Crippen molar-refractivity contribution in [2.45, 2.75) is 12.3 Å². The van der Waals surface area contributed by atoms with Gasteiger partial charge in [-0.2, -0.15) is 5.26 Å².